The summed E-state index contributed by atoms with van der Waals surface area (Å²) < 4.78 is 6.79. The Balaban J connectivity index is 2.45. The molecular formula is C15H15BrN2OS. The molecule has 2 N–H and O–H groups in total. The molecular weight excluding hydrogens is 336 g/mol. The molecule has 0 fully saturated rings. The van der Waals surface area contributed by atoms with E-state index < -0.39 is 0 Å². The van der Waals surface area contributed by atoms with Crippen molar-refractivity contribution in [2.75, 3.05) is 0 Å². The average Bonchev–Trinajstić information content (AvgIpc) is 2.40. The molecule has 1 heterocycles. The third-order valence-electron chi connectivity index (χ3n) is 2.85. The fourth-order valence-corrected chi connectivity index (χ4v) is 2.79. The molecule has 0 amide bonds. The summed E-state index contributed by atoms with van der Waals surface area (Å²) in [4.78, 5) is 4.78. The second-order valence-corrected chi connectivity index (χ2v) is 5.62. The van der Waals surface area contributed by atoms with Gasteiger partial charge in [-0.1, -0.05) is 25.2 Å². The molecule has 0 atom stereocenters. The number of hydrogen-bond donors (Lipinski definition) is 1. The first-order chi connectivity index (χ1) is 9.52. The summed E-state index contributed by atoms with van der Waals surface area (Å²) in [5, 5.41) is 0. The molecule has 5 heteroatoms. The number of ether oxygens (including phenoxy) is 1. The third-order valence-corrected chi connectivity index (χ3v) is 3.71. The molecule has 0 unspecified atom stereocenters. The van der Waals surface area contributed by atoms with E-state index in [0.717, 1.165) is 28.0 Å². The lowest BCUT2D eigenvalue weighted by molar-refractivity contribution is 0.471. The highest BCUT2D eigenvalue weighted by atomic mass is 79.9. The molecule has 0 aliphatic carbocycles. The summed E-state index contributed by atoms with van der Waals surface area (Å²) in [5.41, 5.74) is 8.35. The standard InChI is InChI=1S/C15H15BrN2OS/c1-3-11-12(8-7-9(2)18-11)19-13-6-4-5-10(16)14(13)15(17)20/h4-8H,3H2,1-2H3,(H2,17,20). The lowest BCUT2D eigenvalue weighted by atomic mass is 10.2. The Kier molecular flexibility index (Phi) is 4.73. The largest absolute Gasteiger partial charge is 0.455 e. The van der Waals surface area contributed by atoms with Crippen molar-refractivity contribution in [3.8, 4) is 11.5 Å². The third kappa shape index (κ3) is 3.16. The first-order valence-corrected chi connectivity index (χ1v) is 7.45. The Morgan fingerprint density at radius 3 is 2.70 bits per heavy atom. The Hall–Kier alpha value is -1.46. The Morgan fingerprint density at radius 1 is 1.30 bits per heavy atom. The van der Waals surface area contributed by atoms with Crippen LogP contribution in [0.25, 0.3) is 0 Å². The van der Waals surface area contributed by atoms with Crippen LogP contribution in [0.3, 0.4) is 0 Å². The smallest absolute Gasteiger partial charge is 0.148 e. The molecule has 3 nitrogen and oxygen atoms in total. The van der Waals surface area contributed by atoms with E-state index in [1.807, 2.05) is 44.2 Å². The van der Waals surface area contributed by atoms with Crippen LogP contribution in [0, 0.1) is 6.92 Å². The minimum Gasteiger partial charge on any atom is -0.455 e. The van der Waals surface area contributed by atoms with Crippen LogP contribution in [-0.2, 0) is 6.42 Å². The first-order valence-electron chi connectivity index (χ1n) is 6.25. The molecule has 2 aromatic rings. The number of thiocarbonyl (C=S) groups is 1. The Bertz CT molecular complexity index is 658. The van der Waals surface area contributed by atoms with Crippen molar-refractivity contribution in [3.05, 3.63) is 51.8 Å². The second-order valence-electron chi connectivity index (χ2n) is 4.33. The number of pyridine rings is 1. The second kappa shape index (κ2) is 6.33. The number of halogens is 1. The van der Waals surface area contributed by atoms with E-state index in [0.29, 0.717) is 16.3 Å². The number of nitrogens with two attached hydrogens (primary N) is 1. The minimum atomic E-state index is 0.297. The van der Waals surface area contributed by atoms with Gasteiger partial charge in [0.05, 0.1) is 11.3 Å². The molecule has 0 spiro atoms. The van der Waals surface area contributed by atoms with Crippen molar-refractivity contribution in [1.29, 1.82) is 0 Å². The summed E-state index contributed by atoms with van der Waals surface area (Å²) in [6, 6.07) is 9.46. The van der Waals surface area contributed by atoms with Crippen molar-refractivity contribution in [1.82, 2.24) is 4.98 Å². The summed E-state index contributed by atoms with van der Waals surface area (Å²) >= 11 is 8.53. The van der Waals surface area contributed by atoms with E-state index in [2.05, 4.69) is 20.9 Å². The number of nitrogens with zero attached hydrogens (tertiary/aromatic N) is 1. The monoisotopic (exact) mass is 350 g/mol. The van der Waals surface area contributed by atoms with E-state index in [9.17, 15) is 0 Å². The highest BCUT2D eigenvalue weighted by molar-refractivity contribution is 9.10. The molecule has 0 bridgehead atoms. The van der Waals surface area contributed by atoms with Crippen LogP contribution in [0.4, 0.5) is 0 Å². The Morgan fingerprint density at radius 2 is 2.05 bits per heavy atom. The number of benzene rings is 1. The van der Waals surface area contributed by atoms with Gasteiger partial charge in [-0.25, -0.2) is 0 Å². The van der Waals surface area contributed by atoms with Gasteiger partial charge in [0, 0.05) is 10.2 Å². The molecule has 0 aliphatic rings. The lowest BCUT2D eigenvalue weighted by Gasteiger charge is -2.14. The molecule has 20 heavy (non-hydrogen) atoms. The van der Waals surface area contributed by atoms with Crippen molar-refractivity contribution < 1.29 is 4.74 Å². The molecule has 104 valence electrons. The van der Waals surface area contributed by atoms with Gasteiger partial charge in [0.2, 0.25) is 0 Å². The maximum absolute atomic E-state index is 5.97. The molecule has 0 saturated carbocycles. The first kappa shape index (κ1) is 14.9. The van der Waals surface area contributed by atoms with Crippen molar-refractivity contribution in [2.45, 2.75) is 20.3 Å². The topological polar surface area (TPSA) is 48.1 Å². The van der Waals surface area contributed by atoms with E-state index in [1.165, 1.54) is 0 Å². The molecule has 0 aliphatic heterocycles. The van der Waals surface area contributed by atoms with Crippen molar-refractivity contribution in [3.63, 3.8) is 0 Å². The van der Waals surface area contributed by atoms with Gasteiger partial charge in [-0.15, -0.1) is 0 Å². The van der Waals surface area contributed by atoms with E-state index in [1.54, 1.807) is 0 Å². The van der Waals surface area contributed by atoms with Crippen LogP contribution in [0.5, 0.6) is 11.5 Å². The number of hydrogen-bond acceptors (Lipinski definition) is 3. The molecule has 2 rings (SSSR count). The van der Waals surface area contributed by atoms with Crippen LogP contribution in [-0.4, -0.2) is 9.97 Å². The van der Waals surface area contributed by atoms with Crippen molar-refractivity contribution in [2.24, 2.45) is 5.73 Å². The minimum absolute atomic E-state index is 0.297. The quantitative estimate of drug-likeness (QED) is 0.841. The highest BCUT2D eigenvalue weighted by Gasteiger charge is 2.13. The van der Waals surface area contributed by atoms with Crippen LogP contribution < -0.4 is 10.5 Å². The average molecular weight is 351 g/mol. The fraction of sp³-hybridized carbons (Fsp3) is 0.200. The molecule has 0 radical (unpaired) electrons. The molecule has 1 aromatic heterocycles. The lowest BCUT2D eigenvalue weighted by Crippen LogP contribution is -2.12. The van der Waals surface area contributed by atoms with Gasteiger partial charge in [-0.05, 0) is 53.5 Å². The van der Waals surface area contributed by atoms with E-state index >= 15 is 0 Å². The Labute approximate surface area is 132 Å². The normalized spacial score (nSPS) is 10.3. The number of rotatable bonds is 4. The highest BCUT2D eigenvalue weighted by Crippen LogP contribution is 2.32. The van der Waals surface area contributed by atoms with Gasteiger partial charge in [-0.2, -0.15) is 0 Å². The van der Waals surface area contributed by atoms with Gasteiger partial charge >= 0.3 is 0 Å². The van der Waals surface area contributed by atoms with Gasteiger partial charge in [-0.3, -0.25) is 4.98 Å². The van der Waals surface area contributed by atoms with Crippen LogP contribution >= 0.6 is 28.1 Å². The number of aromatic nitrogens is 1. The van der Waals surface area contributed by atoms with Gasteiger partial charge in [0.25, 0.3) is 0 Å². The molecule has 1 aromatic carbocycles. The van der Waals surface area contributed by atoms with Gasteiger partial charge in [0.15, 0.2) is 0 Å². The SMILES string of the molecule is CCc1nc(C)ccc1Oc1cccc(Br)c1C(N)=S. The zero-order valence-corrected chi connectivity index (χ0v) is 13.7. The van der Waals surface area contributed by atoms with Crippen LogP contribution in [0.2, 0.25) is 0 Å². The van der Waals surface area contributed by atoms with Crippen LogP contribution in [0.15, 0.2) is 34.8 Å². The summed E-state index contributed by atoms with van der Waals surface area (Å²) in [5.74, 6) is 1.36. The van der Waals surface area contributed by atoms with Crippen LogP contribution in [0.1, 0.15) is 23.9 Å². The zero-order chi connectivity index (χ0) is 14.7. The predicted molar refractivity (Wildman–Crippen MR) is 88.5 cm³/mol. The number of aryl methyl sites for hydroxylation is 2. The summed E-state index contributed by atoms with van der Waals surface area (Å²) in [6.07, 6.45) is 0.799. The van der Waals surface area contributed by atoms with E-state index in [4.69, 9.17) is 22.7 Å². The van der Waals surface area contributed by atoms with Gasteiger partial charge < -0.3 is 10.5 Å². The molecule has 0 saturated heterocycles. The van der Waals surface area contributed by atoms with Gasteiger partial charge in [0.1, 0.15) is 16.5 Å². The fourth-order valence-electron chi connectivity index (χ4n) is 1.89. The summed E-state index contributed by atoms with van der Waals surface area (Å²) in [6.45, 7) is 4.01. The predicted octanol–water partition coefficient (Wildman–Crippen LogP) is 4.14. The van der Waals surface area contributed by atoms with E-state index in [-0.39, 0.29) is 0 Å². The van der Waals surface area contributed by atoms with Crippen molar-refractivity contribution >= 4 is 33.1 Å². The zero-order valence-electron chi connectivity index (χ0n) is 11.3. The maximum Gasteiger partial charge on any atom is 0.148 e. The summed E-state index contributed by atoms with van der Waals surface area (Å²) in [7, 11) is 0. The maximum atomic E-state index is 5.97.